The van der Waals surface area contributed by atoms with E-state index >= 15 is 0 Å². The van der Waals surface area contributed by atoms with Crippen LogP contribution in [0, 0.1) is 10.1 Å². The average molecular weight is 244 g/mol. The second-order valence-electron chi connectivity index (χ2n) is 5.44. The SMILES string of the molecule is CC(C)(C)OC(=O)NC1CCC([N+](=O)[O-])CC1. The Morgan fingerprint density at radius 1 is 1.29 bits per heavy atom. The zero-order valence-electron chi connectivity index (χ0n) is 10.6. The molecule has 0 aromatic heterocycles. The van der Waals surface area contributed by atoms with Crippen molar-refractivity contribution in [2.45, 2.75) is 64.1 Å². The van der Waals surface area contributed by atoms with E-state index in [1.165, 1.54) is 0 Å². The van der Waals surface area contributed by atoms with Crippen LogP contribution >= 0.6 is 0 Å². The van der Waals surface area contributed by atoms with Crippen LogP contribution < -0.4 is 5.32 Å². The Hall–Kier alpha value is -1.33. The quantitative estimate of drug-likeness (QED) is 0.595. The Morgan fingerprint density at radius 2 is 1.82 bits per heavy atom. The molecule has 1 saturated carbocycles. The maximum atomic E-state index is 11.5. The van der Waals surface area contributed by atoms with Gasteiger partial charge in [-0.25, -0.2) is 4.79 Å². The Balaban J connectivity index is 2.31. The van der Waals surface area contributed by atoms with E-state index in [0.717, 1.165) is 0 Å². The van der Waals surface area contributed by atoms with Crippen LogP contribution in [0.1, 0.15) is 46.5 Å². The summed E-state index contributed by atoms with van der Waals surface area (Å²) in [6.07, 6.45) is 1.89. The lowest BCUT2D eigenvalue weighted by Crippen LogP contribution is -2.42. The first-order chi connectivity index (χ1) is 7.78. The van der Waals surface area contributed by atoms with Gasteiger partial charge in [0, 0.05) is 23.8 Å². The topological polar surface area (TPSA) is 81.5 Å². The van der Waals surface area contributed by atoms with Gasteiger partial charge in [-0.2, -0.15) is 0 Å². The molecule has 1 N–H and O–H groups in total. The highest BCUT2D eigenvalue weighted by Gasteiger charge is 2.29. The zero-order chi connectivity index (χ0) is 13.1. The first-order valence-electron chi connectivity index (χ1n) is 5.91. The van der Waals surface area contributed by atoms with Crippen molar-refractivity contribution in [1.29, 1.82) is 0 Å². The monoisotopic (exact) mass is 244 g/mol. The van der Waals surface area contributed by atoms with Crippen molar-refractivity contribution in [3.05, 3.63) is 10.1 Å². The largest absolute Gasteiger partial charge is 0.444 e. The minimum absolute atomic E-state index is 0.000972. The Kier molecular flexibility index (Phi) is 4.31. The number of nitrogens with zero attached hydrogens (tertiary/aromatic N) is 1. The van der Waals surface area contributed by atoms with E-state index in [9.17, 15) is 14.9 Å². The molecule has 0 atom stereocenters. The van der Waals surface area contributed by atoms with Crippen LogP contribution in [0.5, 0.6) is 0 Å². The van der Waals surface area contributed by atoms with Crippen molar-refractivity contribution in [1.82, 2.24) is 5.32 Å². The summed E-state index contributed by atoms with van der Waals surface area (Å²) in [6.45, 7) is 5.41. The van der Waals surface area contributed by atoms with E-state index in [4.69, 9.17) is 4.74 Å². The van der Waals surface area contributed by atoms with Gasteiger partial charge < -0.3 is 10.1 Å². The molecule has 0 aromatic carbocycles. The normalized spacial score (nSPS) is 25.1. The number of alkyl carbamates (subject to hydrolysis) is 1. The molecule has 0 radical (unpaired) electrons. The number of nitro groups is 1. The molecule has 0 aliphatic heterocycles. The van der Waals surface area contributed by atoms with Gasteiger partial charge in [0.25, 0.3) is 0 Å². The van der Waals surface area contributed by atoms with Gasteiger partial charge in [0.15, 0.2) is 0 Å². The summed E-state index contributed by atoms with van der Waals surface area (Å²) in [5, 5.41) is 13.3. The predicted molar refractivity (Wildman–Crippen MR) is 62.4 cm³/mol. The molecule has 0 saturated heterocycles. The van der Waals surface area contributed by atoms with Gasteiger partial charge in [-0.05, 0) is 33.6 Å². The molecule has 0 bridgehead atoms. The molecule has 1 amide bonds. The third-order valence-corrected chi connectivity index (χ3v) is 2.72. The lowest BCUT2D eigenvalue weighted by molar-refractivity contribution is -0.526. The fourth-order valence-corrected chi connectivity index (χ4v) is 1.91. The third kappa shape index (κ3) is 5.01. The second-order valence-corrected chi connectivity index (χ2v) is 5.44. The summed E-state index contributed by atoms with van der Waals surface area (Å²) >= 11 is 0. The van der Waals surface area contributed by atoms with E-state index in [2.05, 4.69) is 5.32 Å². The van der Waals surface area contributed by atoms with Crippen LogP contribution in [0.4, 0.5) is 4.79 Å². The summed E-state index contributed by atoms with van der Waals surface area (Å²) < 4.78 is 5.13. The van der Waals surface area contributed by atoms with Crippen molar-refractivity contribution >= 4 is 6.09 Å². The van der Waals surface area contributed by atoms with Gasteiger partial charge in [-0.1, -0.05) is 0 Å². The summed E-state index contributed by atoms with van der Waals surface area (Å²) in [5.41, 5.74) is -0.512. The molecule has 0 heterocycles. The summed E-state index contributed by atoms with van der Waals surface area (Å²) in [4.78, 5) is 21.8. The summed E-state index contributed by atoms with van der Waals surface area (Å²) in [6, 6.07) is -0.451. The van der Waals surface area contributed by atoms with Crippen LogP contribution in [0.15, 0.2) is 0 Å². The van der Waals surface area contributed by atoms with Crippen molar-refractivity contribution in [3.63, 3.8) is 0 Å². The molecule has 98 valence electrons. The lowest BCUT2D eigenvalue weighted by atomic mass is 9.92. The molecule has 6 nitrogen and oxygen atoms in total. The molecule has 1 rings (SSSR count). The molecule has 0 unspecified atom stereocenters. The molecule has 1 fully saturated rings. The van der Waals surface area contributed by atoms with Crippen LogP contribution in [-0.2, 0) is 4.74 Å². The van der Waals surface area contributed by atoms with E-state index in [1.807, 2.05) is 0 Å². The molecule has 0 spiro atoms. The summed E-state index contributed by atoms with van der Waals surface area (Å²) in [7, 11) is 0. The predicted octanol–water partition coefficient (Wildman–Crippen LogP) is 2.10. The number of rotatable bonds is 2. The van der Waals surface area contributed by atoms with E-state index in [1.54, 1.807) is 20.8 Å². The average Bonchev–Trinajstić information content (AvgIpc) is 2.15. The highest BCUT2D eigenvalue weighted by Crippen LogP contribution is 2.21. The number of carbonyl (C=O) groups is 1. The van der Waals surface area contributed by atoms with Gasteiger partial charge in [0.05, 0.1) is 0 Å². The maximum Gasteiger partial charge on any atom is 0.407 e. The maximum absolute atomic E-state index is 11.5. The number of hydrogen-bond donors (Lipinski definition) is 1. The highest BCUT2D eigenvalue weighted by molar-refractivity contribution is 5.68. The highest BCUT2D eigenvalue weighted by atomic mass is 16.6. The second kappa shape index (κ2) is 5.33. The van der Waals surface area contributed by atoms with Crippen molar-refractivity contribution in [3.8, 4) is 0 Å². The van der Waals surface area contributed by atoms with Crippen molar-refractivity contribution < 1.29 is 14.5 Å². The summed E-state index contributed by atoms with van der Waals surface area (Å²) in [5.74, 6) is 0. The molecule has 17 heavy (non-hydrogen) atoms. The van der Waals surface area contributed by atoms with Crippen molar-refractivity contribution in [2.24, 2.45) is 0 Å². The Bertz CT molecular complexity index is 290. The third-order valence-electron chi connectivity index (χ3n) is 2.72. The standard InChI is InChI=1S/C11H20N2O4/c1-11(2,3)17-10(14)12-8-4-6-9(7-5-8)13(15)16/h8-9H,4-7H2,1-3H3,(H,12,14). The van der Waals surface area contributed by atoms with Crippen LogP contribution in [0.2, 0.25) is 0 Å². The van der Waals surface area contributed by atoms with Gasteiger partial charge in [0.1, 0.15) is 5.60 Å². The van der Waals surface area contributed by atoms with Crippen LogP contribution in [0.25, 0.3) is 0 Å². The first kappa shape index (κ1) is 13.7. The van der Waals surface area contributed by atoms with Crippen LogP contribution in [-0.4, -0.2) is 28.7 Å². The smallest absolute Gasteiger partial charge is 0.407 e. The molecular formula is C11H20N2O4. The number of hydrogen-bond acceptors (Lipinski definition) is 4. The number of carbonyl (C=O) groups excluding carboxylic acids is 1. The molecule has 1 aliphatic carbocycles. The molecule has 6 heteroatoms. The minimum atomic E-state index is -0.512. The minimum Gasteiger partial charge on any atom is -0.444 e. The number of ether oxygens (including phenoxy) is 1. The molecule has 0 aromatic rings. The van der Waals surface area contributed by atoms with E-state index in [-0.39, 0.29) is 11.0 Å². The molecular weight excluding hydrogens is 224 g/mol. The molecule has 1 aliphatic rings. The lowest BCUT2D eigenvalue weighted by Gasteiger charge is -2.26. The van der Waals surface area contributed by atoms with Gasteiger partial charge in [-0.15, -0.1) is 0 Å². The number of nitrogens with one attached hydrogen (secondary N) is 1. The Morgan fingerprint density at radius 3 is 2.24 bits per heavy atom. The van der Waals surface area contributed by atoms with E-state index < -0.39 is 17.7 Å². The fraction of sp³-hybridized carbons (Fsp3) is 0.909. The van der Waals surface area contributed by atoms with Crippen molar-refractivity contribution in [2.75, 3.05) is 0 Å². The van der Waals surface area contributed by atoms with Gasteiger partial charge in [0.2, 0.25) is 6.04 Å². The van der Waals surface area contributed by atoms with Gasteiger partial charge in [-0.3, -0.25) is 10.1 Å². The van der Waals surface area contributed by atoms with E-state index in [0.29, 0.717) is 25.7 Å². The Labute approximate surface area is 101 Å². The number of amides is 1. The zero-order valence-corrected chi connectivity index (χ0v) is 10.6. The fourth-order valence-electron chi connectivity index (χ4n) is 1.91. The van der Waals surface area contributed by atoms with Crippen LogP contribution in [0.3, 0.4) is 0 Å². The first-order valence-corrected chi connectivity index (χ1v) is 5.91. The van der Waals surface area contributed by atoms with Gasteiger partial charge >= 0.3 is 6.09 Å².